The Bertz CT molecular complexity index is 920. The predicted molar refractivity (Wildman–Crippen MR) is 113 cm³/mol. The molecule has 1 aliphatic rings. The number of thioether (sulfide) groups is 1. The van der Waals surface area contributed by atoms with Crippen molar-refractivity contribution in [2.24, 2.45) is 0 Å². The summed E-state index contributed by atoms with van der Waals surface area (Å²) >= 11 is 0.923. The van der Waals surface area contributed by atoms with E-state index in [4.69, 9.17) is 0 Å². The molecule has 1 unspecified atom stereocenters. The molecule has 7 nitrogen and oxygen atoms in total. The van der Waals surface area contributed by atoms with Gasteiger partial charge in [-0.25, -0.2) is 4.79 Å². The first kappa shape index (κ1) is 21.6. The molecule has 30 heavy (non-hydrogen) atoms. The first-order valence-electron chi connectivity index (χ1n) is 9.58. The van der Waals surface area contributed by atoms with Crippen molar-refractivity contribution in [2.75, 3.05) is 12.3 Å². The molecule has 156 valence electrons. The first-order chi connectivity index (χ1) is 14.5. The Kier molecular flexibility index (Phi) is 7.24. The molecule has 1 saturated heterocycles. The number of rotatable bonds is 7. The van der Waals surface area contributed by atoms with E-state index in [1.54, 1.807) is 60.7 Å². The average Bonchev–Trinajstić information content (AvgIpc) is 3.27. The summed E-state index contributed by atoms with van der Waals surface area (Å²) in [6.07, 6.45) is 0.953. The fourth-order valence-corrected chi connectivity index (χ4v) is 4.16. The van der Waals surface area contributed by atoms with Gasteiger partial charge in [0.1, 0.15) is 12.1 Å². The first-order valence-corrected chi connectivity index (χ1v) is 10.6. The van der Waals surface area contributed by atoms with Crippen LogP contribution in [0.3, 0.4) is 0 Å². The summed E-state index contributed by atoms with van der Waals surface area (Å²) in [5, 5.41) is 11.9. The zero-order chi connectivity index (χ0) is 21.5. The Labute approximate surface area is 178 Å². The zero-order valence-electron chi connectivity index (χ0n) is 16.2. The third-order valence-electron chi connectivity index (χ3n) is 4.85. The van der Waals surface area contributed by atoms with Gasteiger partial charge in [0.05, 0.1) is 0 Å². The van der Waals surface area contributed by atoms with Crippen LogP contribution >= 0.6 is 11.8 Å². The SMILES string of the molecule is O=C(N[C@@H](CSC(=O)c1ccccc1)C(=O)N1CCCC1C(=O)O)c1ccccc1. The number of nitrogens with zero attached hydrogens (tertiary/aromatic N) is 1. The molecule has 1 fully saturated rings. The van der Waals surface area contributed by atoms with E-state index in [1.165, 1.54) is 4.90 Å². The fraction of sp³-hybridized carbons (Fsp3) is 0.273. The van der Waals surface area contributed by atoms with E-state index in [-0.39, 0.29) is 10.9 Å². The van der Waals surface area contributed by atoms with Crippen LogP contribution in [-0.4, -0.2) is 57.3 Å². The molecule has 3 rings (SSSR count). The van der Waals surface area contributed by atoms with Gasteiger partial charge in [0.15, 0.2) is 0 Å². The molecule has 8 heteroatoms. The summed E-state index contributed by atoms with van der Waals surface area (Å²) in [6, 6.07) is 15.1. The van der Waals surface area contributed by atoms with Gasteiger partial charge in [0, 0.05) is 23.4 Å². The van der Waals surface area contributed by atoms with Crippen LogP contribution in [0.25, 0.3) is 0 Å². The van der Waals surface area contributed by atoms with Crippen LogP contribution in [-0.2, 0) is 9.59 Å². The second kappa shape index (κ2) is 10.1. The smallest absolute Gasteiger partial charge is 0.326 e. The topological polar surface area (TPSA) is 104 Å². The average molecular weight is 426 g/mol. The number of hydrogen-bond acceptors (Lipinski definition) is 5. The van der Waals surface area contributed by atoms with Gasteiger partial charge in [-0.15, -0.1) is 0 Å². The van der Waals surface area contributed by atoms with Gasteiger partial charge in [-0.2, -0.15) is 0 Å². The van der Waals surface area contributed by atoms with Gasteiger partial charge in [0.25, 0.3) is 5.91 Å². The van der Waals surface area contributed by atoms with Crippen LogP contribution in [0.5, 0.6) is 0 Å². The summed E-state index contributed by atoms with van der Waals surface area (Å²) in [4.78, 5) is 50.9. The number of benzene rings is 2. The molecule has 2 aromatic carbocycles. The van der Waals surface area contributed by atoms with Crippen molar-refractivity contribution >= 4 is 34.7 Å². The molecule has 0 spiro atoms. The highest BCUT2D eigenvalue weighted by Crippen LogP contribution is 2.21. The molecule has 1 heterocycles. The maximum absolute atomic E-state index is 13.1. The number of likely N-dealkylation sites (tertiary alicyclic amines) is 1. The zero-order valence-corrected chi connectivity index (χ0v) is 17.0. The molecular formula is C22H22N2O5S. The van der Waals surface area contributed by atoms with E-state index < -0.39 is 29.9 Å². The predicted octanol–water partition coefficient (Wildman–Crippen LogP) is 2.43. The van der Waals surface area contributed by atoms with Crippen molar-refractivity contribution in [1.29, 1.82) is 0 Å². The molecule has 0 radical (unpaired) electrons. The van der Waals surface area contributed by atoms with E-state index in [0.29, 0.717) is 30.5 Å². The Morgan fingerprint density at radius 1 is 1.00 bits per heavy atom. The Balaban J connectivity index is 1.75. The lowest BCUT2D eigenvalue weighted by Gasteiger charge is -2.27. The summed E-state index contributed by atoms with van der Waals surface area (Å²) < 4.78 is 0. The van der Waals surface area contributed by atoms with Crippen molar-refractivity contribution in [1.82, 2.24) is 10.2 Å². The van der Waals surface area contributed by atoms with E-state index >= 15 is 0 Å². The molecule has 1 aliphatic heterocycles. The molecule has 2 N–H and O–H groups in total. The van der Waals surface area contributed by atoms with Gasteiger partial charge >= 0.3 is 5.97 Å². The maximum Gasteiger partial charge on any atom is 0.326 e. The molecule has 0 saturated carbocycles. The minimum absolute atomic E-state index is 0.00791. The van der Waals surface area contributed by atoms with E-state index in [9.17, 15) is 24.3 Å². The van der Waals surface area contributed by atoms with E-state index in [0.717, 1.165) is 11.8 Å². The Hall–Kier alpha value is -3.13. The van der Waals surface area contributed by atoms with Crippen LogP contribution in [0.2, 0.25) is 0 Å². The summed E-state index contributed by atoms with van der Waals surface area (Å²) in [5.41, 5.74) is 0.874. The summed E-state index contributed by atoms with van der Waals surface area (Å²) in [5.74, 6) is -2.00. The Morgan fingerprint density at radius 3 is 2.20 bits per heavy atom. The highest BCUT2D eigenvalue weighted by Gasteiger charge is 2.38. The molecule has 2 aromatic rings. The second-order valence-corrected chi connectivity index (χ2v) is 7.88. The number of nitrogens with one attached hydrogen (secondary N) is 1. The van der Waals surface area contributed by atoms with E-state index in [2.05, 4.69) is 5.32 Å². The third kappa shape index (κ3) is 5.27. The van der Waals surface area contributed by atoms with Crippen molar-refractivity contribution < 1.29 is 24.3 Å². The van der Waals surface area contributed by atoms with Crippen molar-refractivity contribution in [3.63, 3.8) is 0 Å². The van der Waals surface area contributed by atoms with Gasteiger partial charge in [0.2, 0.25) is 11.0 Å². The van der Waals surface area contributed by atoms with Crippen LogP contribution in [0.1, 0.15) is 33.6 Å². The monoisotopic (exact) mass is 426 g/mol. The van der Waals surface area contributed by atoms with Crippen LogP contribution in [0.15, 0.2) is 60.7 Å². The van der Waals surface area contributed by atoms with Crippen LogP contribution in [0, 0.1) is 0 Å². The normalized spacial score (nSPS) is 16.7. The molecule has 2 atom stereocenters. The minimum Gasteiger partial charge on any atom is -0.480 e. The van der Waals surface area contributed by atoms with Crippen LogP contribution in [0.4, 0.5) is 0 Å². The van der Waals surface area contributed by atoms with Crippen molar-refractivity contribution in [3.8, 4) is 0 Å². The Morgan fingerprint density at radius 2 is 1.60 bits per heavy atom. The molecule has 0 bridgehead atoms. The highest BCUT2D eigenvalue weighted by molar-refractivity contribution is 8.14. The lowest BCUT2D eigenvalue weighted by Crippen LogP contribution is -2.52. The van der Waals surface area contributed by atoms with Gasteiger partial charge in [-0.05, 0) is 25.0 Å². The molecule has 0 aliphatic carbocycles. The fourth-order valence-electron chi connectivity index (χ4n) is 3.31. The van der Waals surface area contributed by atoms with Gasteiger partial charge in [-0.3, -0.25) is 14.4 Å². The number of carbonyl (C=O) groups excluding carboxylic acids is 3. The summed E-state index contributed by atoms with van der Waals surface area (Å²) in [6.45, 7) is 0.310. The lowest BCUT2D eigenvalue weighted by atomic mass is 10.1. The van der Waals surface area contributed by atoms with Gasteiger partial charge < -0.3 is 15.3 Å². The molecule has 2 amide bonds. The second-order valence-electron chi connectivity index (χ2n) is 6.88. The van der Waals surface area contributed by atoms with Crippen molar-refractivity contribution in [2.45, 2.75) is 24.9 Å². The van der Waals surface area contributed by atoms with Crippen LogP contribution < -0.4 is 5.32 Å². The third-order valence-corrected chi connectivity index (χ3v) is 5.85. The summed E-state index contributed by atoms with van der Waals surface area (Å²) in [7, 11) is 0. The largest absolute Gasteiger partial charge is 0.480 e. The number of carbonyl (C=O) groups is 4. The molecular weight excluding hydrogens is 404 g/mol. The highest BCUT2D eigenvalue weighted by atomic mass is 32.2. The van der Waals surface area contributed by atoms with Gasteiger partial charge in [-0.1, -0.05) is 60.3 Å². The molecule has 0 aromatic heterocycles. The maximum atomic E-state index is 13.1. The number of carboxylic acids is 1. The van der Waals surface area contributed by atoms with Crippen molar-refractivity contribution in [3.05, 3.63) is 71.8 Å². The number of aliphatic carboxylic acids is 1. The lowest BCUT2D eigenvalue weighted by molar-refractivity contribution is -0.148. The number of amides is 2. The number of hydrogen-bond donors (Lipinski definition) is 2. The standard InChI is InChI=1S/C22H22N2O5S/c25-19(15-8-3-1-4-9-15)23-17(14-30-22(29)16-10-5-2-6-11-16)20(26)24-13-7-12-18(24)21(27)28/h1-6,8-11,17-18H,7,12-14H2,(H,23,25)(H,27,28)/t17-,18?/m0/s1. The quantitative estimate of drug-likeness (QED) is 0.705. The van der Waals surface area contributed by atoms with E-state index in [1.807, 2.05) is 0 Å². The minimum atomic E-state index is -1.07. The number of carboxylic acid groups (broad SMARTS) is 1.